The number of guanidine groups is 1. The van der Waals surface area contributed by atoms with Crippen LogP contribution in [-0.2, 0) is 6.54 Å². The molecule has 0 saturated heterocycles. The van der Waals surface area contributed by atoms with Gasteiger partial charge >= 0.3 is 0 Å². The lowest BCUT2D eigenvalue weighted by Gasteiger charge is -2.14. The number of nitrogens with two attached hydrogens (primary N) is 1. The molecule has 0 spiro atoms. The number of hydrogen-bond donors (Lipinski definition) is 3. The normalized spacial score (nSPS) is 17.7. The Morgan fingerprint density at radius 1 is 1.56 bits per heavy atom. The van der Waals surface area contributed by atoms with Crippen LogP contribution in [-0.4, -0.2) is 17.0 Å². The van der Waals surface area contributed by atoms with Gasteiger partial charge in [-0.25, -0.2) is 10.8 Å². The van der Waals surface area contributed by atoms with Crippen LogP contribution in [0.25, 0.3) is 0 Å². The number of hydrogen-bond acceptors (Lipinski definition) is 4. The Morgan fingerprint density at radius 3 is 3.00 bits per heavy atom. The Hall–Kier alpha value is -1.14. The van der Waals surface area contributed by atoms with Gasteiger partial charge in [0.2, 0.25) is 5.96 Å². The Kier molecular flexibility index (Phi) is 4.12. The molecule has 4 N–H and O–H groups in total. The van der Waals surface area contributed by atoms with Crippen molar-refractivity contribution in [2.24, 2.45) is 10.8 Å². The number of rotatable bonds is 3. The molecule has 16 heavy (non-hydrogen) atoms. The van der Waals surface area contributed by atoms with Crippen LogP contribution in [0.4, 0.5) is 0 Å². The highest BCUT2D eigenvalue weighted by molar-refractivity contribution is 7.09. The third-order valence-electron chi connectivity index (χ3n) is 2.71. The van der Waals surface area contributed by atoms with E-state index in [4.69, 9.17) is 5.84 Å². The standard InChI is InChI=1S/C10H17N5S/c11-15-10(14-8-3-1-2-4-8)13-6-9-5-12-7-16-9/h5,7-8H,1-4,6,11H2,(H2,13,14,15). The van der Waals surface area contributed by atoms with E-state index in [9.17, 15) is 0 Å². The fourth-order valence-corrected chi connectivity index (χ4v) is 2.39. The lowest BCUT2D eigenvalue weighted by molar-refractivity contribution is 0.614. The largest absolute Gasteiger partial charge is 0.353 e. The van der Waals surface area contributed by atoms with Gasteiger partial charge in [0.15, 0.2) is 0 Å². The summed E-state index contributed by atoms with van der Waals surface area (Å²) in [5.74, 6) is 6.12. The minimum Gasteiger partial charge on any atom is -0.353 e. The minimum absolute atomic E-state index is 0.524. The van der Waals surface area contributed by atoms with Crippen LogP contribution < -0.4 is 16.6 Å². The molecule has 0 aliphatic heterocycles. The molecule has 1 aliphatic carbocycles. The van der Waals surface area contributed by atoms with Gasteiger partial charge in [0, 0.05) is 17.1 Å². The first-order valence-corrected chi connectivity index (χ1v) is 6.41. The second-order valence-corrected chi connectivity index (χ2v) is 4.87. The molecule has 1 aliphatic rings. The van der Waals surface area contributed by atoms with Gasteiger partial charge in [-0.2, -0.15) is 0 Å². The summed E-state index contributed by atoms with van der Waals surface area (Å²) in [6, 6.07) is 0.524. The second kappa shape index (κ2) is 5.81. The zero-order valence-corrected chi connectivity index (χ0v) is 9.96. The summed E-state index contributed by atoms with van der Waals surface area (Å²) in [4.78, 5) is 9.53. The van der Waals surface area contributed by atoms with Crippen molar-refractivity contribution in [3.05, 3.63) is 16.6 Å². The van der Waals surface area contributed by atoms with Crippen molar-refractivity contribution in [1.29, 1.82) is 0 Å². The summed E-state index contributed by atoms with van der Waals surface area (Å²) in [7, 11) is 0. The zero-order valence-electron chi connectivity index (χ0n) is 9.15. The summed E-state index contributed by atoms with van der Waals surface area (Å²) < 4.78 is 0. The number of aromatic nitrogens is 1. The van der Waals surface area contributed by atoms with Crippen LogP contribution >= 0.6 is 11.3 Å². The Bertz CT molecular complexity index is 329. The molecule has 0 bridgehead atoms. The maximum absolute atomic E-state index is 5.43. The predicted octanol–water partition coefficient (Wildman–Crippen LogP) is 0.995. The fraction of sp³-hybridized carbons (Fsp3) is 0.600. The fourth-order valence-electron chi connectivity index (χ4n) is 1.87. The van der Waals surface area contributed by atoms with E-state index in [1.54, 1.807) is 11.3 Å². The van der Waals surface area contributed by atoms with Crippen molar-refractivity contribution in [3.8, 4) is 0 Å². The molecular formula is C10H17N5S. The summed E-state index contributed by atoms with van der Waals surface area (Å²) in [6.07, 6.45) is 6.84. The van der Waals surface area contributed by atoms with Crippen LogP contribution in [0.5, 0.6) is 0 Å². The molecule has 1 fully saturated rings. The van der Waals surface area contributed by atoms with Crippen LogP contribution in [0.15, 0.2) is 16.7 Å². The first-order valence-electron chi connectivity index (χ1n) is 5.53. The van der Waals surface area contributed by atoms with Gasteiger partial charge in [-0.15, -0.1) is 11.3 Å². The molecule has 0 amide bonds. The molecule has 2 rings (SSSR count). The first-order chi connectivity index (χ1) is 7.88. The van der Waals surface area contributed by atoms with Gasteiger partial charge in [0.25, 0.3) is 0 Å². The lowest BCUT2D eigenvalue weighted by Crippen LogP contribution is -2.45. The lowest BCUT2D eigenvalue weighted by atomic mass is 10.2. The molecule has 0 aromatic carbocycles. The summed E-state index contributed by atoms with van der Waals surface area (Å²) in [5.41, 5.74) is 4.42. The van der Waals surface area contributed by atoms with E-state index in [-0.39, 0.29) is 0 Å². The quantitative estimate of drug-likeness (QED) is 0.318. The third kappa shape index (κ3) is 3.18. The van der Waals surface area contributed by atoms with Gasteiger partial charge in [-0.1, -0.05) is 12.8 Å². The Morgan fingerprint density at radius 2 is 2.38 bits per heavy atom. The van der Waals surface area contributed by atoms with Crippen molar-refractivity contribution >= 4 is 17.3 Å². The van der Waals surface area contributed by atoms with Crippen molar-refractivity contribution in [1.82, 2.24) is 15.7 Å². The molecule has 5 nitrogen and oxygen atoms in total. The van der Waals surface area contributed by atoms with E-state index in [0.717, 1.165) is 4.88 Å². The molecule has 0 unspecified atom stereocenters. The third-order valence-corrected chi connectivity index (χ3v) is 3.47. The van der Waals surface area contributed by atoms with Crippen molar-refractivity contribution in [2.75, 3.05) is 0 Å². The van der Waals surface area contributed by atoms with E-state index >= 15 is 0 Å². The van der Waals surface area contributed by atoms with Crippen molar-refractivity contribution in [3.63, 3.8) is 0 Å². The van der Waals surface area contributed by atoms with Crippen LogP contribution in [0.3, 0.4) is 0 Å². The van der Waals surface area contributed by atoms with Crippen LogP contribution in [0.2, 0.25) is 0 Å². The highest BCUT2D eigenvalue weighted by Crippen LogP contribution is 2.17. The number of thiazole rings is 1. The molecular weight excluding hydrogens is 222 g/mol. The Labute approximate surface area is 99.1 Å². The molecule has 1 aromatic heterocycles. The van der Waals surface area contributed by atoms with E-state index in [0.29, 0.717) is 18.5 Å². The molecule has 1 heterocycles. The van der Waals surface area contributed by atoms with Gasteiger partial charge in [0.1, 0.15) is 0 Å². The predicted molar refractivity (Wildman–Crippen MR) is 66.0 cm³/mol. The molecule has 88 valence electrons. The number of aliphatic imine (C=N–C) groups is 1. The molecule has 0 atom stereocenters. The minimum atomic E-state index is 0.524. The smallest absolute Gasteiger partial charge is 0.206 e. The van der Waals surface area contributed by atoms with E-state index in [2.05, 4.69) is 20.7 Å². The number of nitrogens with zero attached hydrogens (tertiary/aromatic N) is 2. The van der Waals surface area contributed by atoms with Gasteiger partial charge in [-0.3, -0.25) is 10.4 Å². The highest BCUT2D eigenvalue weighted by Gasteiger charge is 2.15. The average Bonchev–Trinajstić information content (AvgIpc) is 2.97. The number of hydrazine groups is 1. The molecule has 1 aromatic rings. The topological polar surface area (TPSA) is 75.3 Å². The zero-order chi connectivity index (χ0) is 11.2. The van der Waals surface area contributed by atoms with E-state index < -0.39 is 0 Å². The van der Waals surface area contributed by atoms with Crippen molar-refractivity contribution < 1.29 is 0 Å². The SMILES string of the molecule is NNC(=NCc1cncs1)NC1CCCC1. The van der Waals surface area contributed by atoms with Gasteiger partial charge in [-0.05, 0) is 12.8 Å². The second-order valence-electron chi connectivity index (χ2n) is 3.90. The summed E-state index contributed by atoms with van der Waals surface area (Å²) >= 11 is 1.60. The highest BCUT2D eigenvalue weighted by atomic mass is 32.1. The van der Waals surface area contributed by atoms with Gasteiger partial charge < -0.3 is 5.32 Å². The van der Waals surface area contributed by atoms with Crippen LogP contribution in [0, 0.1) is 0 Å². The maximum Gasteiger partial charge on any atom is 0.206 e. The summed E-state index contributed by atoms with van der Waals surface area (Å²) in [5, 5.41) is 3.33. The maximum atomic E-state index is 5.43. The molecule has 0 radical (unpaired) electrons. The van der Waals surface area contributed by atoms with E-state index in [1.807, 2.05) is 11.7 Å². The van der Waals surface area contributed by atoms with Crippen molar-refractivity contribution in [2.45, 2.75) is 38.3 Å². The monoisotopic (exact) mass is 239 g/mol. The average molecular weight is 239 g/mol. The summed E-state index contributed by atoms with van der Waals surface area (Å²) in [6.45, 7) is 0.629. The Balaban J connectivity index is 1.85. The van der Waals surface area contributed by atoms with Gasteiger partial charge in [0.05, 0.1) is 12.1 Å². The van der Waals surface area contributed by atoms with E-state index in [1.165, 1.54) is 25.7 Å². The first kappa shape index (κ1) is 11.3. The molecule has 6 heteroatoms. The van der Waals surface area contributed by atoms with Crippen LogP contribution in [0.1, 0.15) is 30.6 Å². The number of nitrogens with one attached hydrogen (secondary N) is 2. The molecule has 1 saturated carbocycles.